The van der Waals surface area contributed by atoms with Crippen LogP contribution >= 0.6 is 0 Å². The van der Waals surface area contributed by atoms with E-state index < -0.39 is 12.5 Å². The van der Waals surface area contributed by atoms with Gasteiger partial charge in [0.2, 0.25) is 0 Å². The molecule has 0 aromatic rings. The van der Waals surface area contributed by atoms with Crippen molar-refractivity contribution in [2.24, 2.45) is 0 Å². The SMILES string of the molecule is OCCCNCC(O)C(F)F. The van der Waals surface area contributed by atoms with Crippen LogP contribution in [0.5, 0.6) is 0 Å². The van der Waals surface area contributed by atoms with E-state index in [1.165, 1.54) is 0 Å². The topological polar surface area (TPSA) is 52.5 Å². The van der Waals surface area contributed by atoms with Crippen LogP contribution in [0.25, 0.3) is 0 Å². The van der Waals surface area contributed by atoms with Gasteiger partial charge in [0.25, 0.3) is 6.43 Å². The molecular formula is C6H13F2NO2. The summed E-state index contributed by atoms with van der Waals surface area (Å²) in [5.41, 5.74) is 0. The molecule has 0 bridgehead atoms. The second-order valence-corrected chi connectivity index (χ2v) is 2.18. The van der Waals surface area contributed by atoms with E-state index in [4.69, 9.17) is 10.2 Å². The van der Waals surface area contributed by atoms with Crippen LogP contribution in [-0.4, -0.2) is 42.4 Å². The van der Waals surface area contributed by atoms with Gasteiger partial charge in [-0.15, -0.1) is 0 Å². The highest BCUT2D eigenvalue weighted by Crippen LogP contribution is 1.97. The lowest BCUT2D eigenvalue weighted by molar-refractivity contribution is -0.00326. The first kappa shape index (κ1) is 10.7. The fraction of sp³-hybridized carbons (Fsp3) is 1.00. The Labute approximate surface area is 64.0 Å². The van der Waals surface area contributed by atoms with Crippen LogP contribution in [0.1, 0.15) is 6.42 Å². The van der Waals surface area contributed by atoms with Crippen LogP contribution in [0.15, 0.2) is 0 Å². The lowest BCUT2D eigenvalue weighted by Gasteiger charge is -2.09. The maximum atomic E-state index is 11.6. The largest absolute Gasteiger partial charge is 0.396 e. The van der Waals surface area contributed by atoms with Crippen molar-refractivity contribution in [1.82, 2.24) is 5.32 Å². The predicted molar refractivity (Wildman–Crippen MR) is 36.6 cm³/mol. The number of nitrogens with one attached hydrogen (secondary N) is 1. The highest BCUT2D eigenvalue weighted by Gasteiger charge is 2.15. The van der Waals surface area contributed by atoms with Crippen LogP contribution in [0, 0.1) is 0 Å². The third-order valence-electron chi connectivity index (χ3n) is 1.16. The first-order valence-corrected chi connectivity index (χ1v) is 3.46. The number of rotatable bonds is 6. The average Bonchev–Trinajstić information content (AvgIpc) is 1.97. The standard InChI is InChI=1S/C6H13F2NO2/c7-6(8)5(11)4-9-2-1-3-10/h5-6,9-11H,1-4H2. The summed E-state index contributed by atoms with van der Waals surface area (Å²) in [6, 6.07) is 0. The Morgan fingerprint density at radius 2 is 2.00 bits per heavy atom. The Morgan fingerprint density at radius 1 is 1.36 bits per heavy atom. The van der Waals surface area contributed by atoms with Crippen molar-refractivity contribution in [3.05, 3.63) is 0 Å². The molecule has 0 aliphatic heterocycles. The zero-order chi connectivity index (χ0) is 8.69. The van der Waals surface area contributed by atoms with E-state index in [1.807, 2.05) is 0 Å². The van der Waals surface area contributed by atoms with Crippen molar-refractivity contribution < 1.29 is 19.0 Å². The monoisotopic (exact) mass is 169 g/mol. The van der Waals surface area contributed by atoms with Gasteiger partial charge in [-0.25, -0.2) is 8.78 Å². The first-order valence-electron chi connectivity index (χ1n) is 3.46. The molecule has 0 saturated heterocycles. The molecule has 0 amide bonds. The van der Waals surface area contributed by atoms with E-state index in [0.717, 1.165) is 0 Å². The molecule has 5 heteroatoms. The molecule has 0 aromatic carbocycles. The van der Waals surface area contributed by atoms with Crippen LogP contribution in [-0.2, 0) is 0 Å². The summed E-state index contributed by atoms with van der Waals surface area (Å²) in [5.74, 6) is 0. The summed E-state index contributed by atoms with van der Waals surface area (Å²) < 4.78 is 23.2. The second kappa shape index (κ2) is 6.45. The van der Waals surface area contributed by atoms with E-state index in [2.05, 4.69) is 5.32 Å². The second-order valence-electron chi connectivity index (χ2n) is 2.18. The predicted octanol–water partition coefficient (Wildman–Crippen LogP) is -0.416. The molecule has 3 nitrogen and oxygen atoms in total. The van der Waals surface area contributed by atoms with E-state index in [-0.39, 0.29) is 13.2 Å². The van der Waals surface area contributed by atoms with Gasteiger partial charge in [-0.05, 0) is 13.0 Å². The van der Waals surface area contributed by atoms with E-state index in [1.54, 1.807) is 0 Å². The summed E-state index contributed by atoms with van der Waals surface area (Å²) in [6.07, 6.45) is -3.79. The molecule has 11 heavy (non-hydrogen) atoms. The van der Waals surface area contributed by atoms with E-state index >= 15 is 0 Å². The maximum Gasteiger partial charge on any atom is 0.265 e. The first-order chi connectivity index (χ1) is 5.18. The number of aliphatic hydroxyl groups is 2. The van der Waals surface area contributed by atoms with Crippen molar-refractivity contribution >= 4 is 0 Å². The van der Waals surface area contributed by atoms with Crippen molar-refractivity contribution in [3.63, 3.8) is 0 Å². The van der Waals surface area contributed by atoms with Gasteiger partial charge in [-0.1, -0.05) is 0 Å². The highest BCUT2D eigenvalue weighted by atomic mass is 19.3. The van der Waals surface area contributed by atoms with Crippen molar-refractivity contribution in [2.45, 2.75) is 19.0 Å². The Morgan fingerprint density at radius 3 is 2.45 bits per heavy atom. The molecule has 1 unspecified atom stereocenters. The van der Waals surface area contributed by atoms with Gasteiger partial charge >= 0.3 is 0 Å². The third-order valence-corrected chi connectivity index (χ3v) is 1.16. The molecule has 0 fully saturated rings. The average molecular weight is 169 g/mol. The minimum atomic E-state index is -2.70. The normalized spacial score (nSPS) is 13.9. The Bertz CT molecular complexity index is 92.7. The summed E-state index contributed by atoms with van der Waals surface area (Å²) >= 11 is 0. The molecule has 0 rings (SSSR count). The molecule has 0 aliphatic carbocycles. The van der Waals surface area contributed by atoms with Gasteiger partial charge in [0, 0.05) is 13.2 Å². The molecule has 0 radical (unpaired) electrons. The summed E-state index contributed by atoms with van der Waals surface area (Å²) in [5, 5.41) is 19.4. The third kappa shape index (κ3) is 6.15. The molecule has 0 aromatic heterocycles. The van der Waals surface area contributed by atoms with Gasteiger partial charge in [0.1, 0.15) is 6.10 Å². The van der Waals surface area contributed by atoms with Gasteiger partial charge in [0.15, 0.2) is 0 Å². The quantitative estimate of drug-likeness (QED) is 0.473. The van der Waals surface area contributed by atoms with Crippen LogP contribution in [0.2, 0.25) is 0 Å². The minimum Gasteiger partial charge on any atom is -0.396 e. The molecule has 0 aliphatic rings. The highest BCUT2D eigenvalue weighted by molar-refractivity contribution is 4.60. The number of halogens is 2. The molecule has 3 N–H and O–H groups in total. The summed E-state index contributed by atoms with van der Waals surface area (Å²) in [4.78, 5) is 0. The summed E-state index contributed by atoms with van der Waals surface area (Å²) in [6.45, 7) is 0.343. The van der Waals surface area contributed by atoms with Gasteiger partial charge in [-0.2, -0.15) is 0 Å². The number of hydrogen-bond donors (Lipinski definition) is 3. The van der Waals surface area contributed by atoms with E-state index in [9.17, 15) is 8.78 Å². The summed E-state index contributed by atoms with van der Waals surface area (Å²) in [7, 11) is 0. The van der Waals surface area contributed by atoms with Gasteiger partial charge < -0.3 is 15.5 Å². The Balaban J connectivity index is 3.10. The maximum absolute atomic E-state index is 11.6. The zero-order valence-electron chi connectivity index (χ0n) is 6.13. The van der Waals surface area contributed by atoms with Crippen LogP contribution in [0.4, 0.5) is 8.78 Å². The molecule has 0 heterocycles. The number of alkyl halides is 2. The zero-order valence-corrected chi connectivity index (χ0v) is 6.13. The molecule has 0 spiro atoms. The van der Waals surface area contributed by atoms with Gasteiger partial charge in [-0.3, -0.25) is 0 Å². The fourth-order valence-corrected chi connectivity index (χ4v) is 0.543. The van der Waals surface area contributed by atoms with Crippen LogP contribution in [0.3, 0.4) is 0 Å². The van der Waals surface area contributed by atoms with Crippen molar-refractivity contribution in [3.8, 4) is 0 Å². The molecule has 68 valence electrons. The number of aliphatic hydroxyl groups excluding tert-OH is 2. The van der Waals surface area contributed by atoms with Crippen molar-refractivity contribution in [2.75, 3.05) is 19.7 Å². The molecule has 1 atom stereocenters. The van der Waals surface area contributed by atoms with E-state index in [0.29, 0.717) is 13.0 Å². The Hall–Kier alpha value is -0.260. The fourth-order valence-electron chi connectivity index (χ4n) is 0.543. The molecule has 0 saturated carbocycles. The van der Waals surface area contributed by atoms with Crippen LogP contribution < -0.4 is 5.32 Å². The van der Waals surface area contributed by atoms with Gasteiger partial charge in [0.05, 0.1) is 0 Å². The van der Waals surface area contributed by atoms with Crippen molar-refractivity contribution in [1.29, 1.82) is 0 Å². The Kier molecular flexibility index (Phi) is 6.30. The smallest absolute Gasteiger partial charge is 0.265 e. The lowest BCUT2D eigenvalue weighted by Crippen LogP contribution is -2.32. The number of hydrogen-bond acceptors (Lipinski definition) is 3. The minimum absolute atomic E-state index is 0.0256. The molecular weight excluding hydrogens is 156 g/mol. The lowest BCUT2D eigenvalue weighted by atomic mass is 10.3.